The maximum absolute atomic E-state index is 13.5. The van der Waals surface area contributed by atoms with Crippen molar-refractivity contribution in [2.75, 3.05) is 13.1 Å². The zero-order valence-corrected chi connectivity index (χ0v) is 14.5. The highest BCUT2D eigenvalue weighted by molar-refractivity contribution is 5.94. The second-order valence-corrected chi connectivity index (χ2v) is 5.66. The highest BCUT2D eigenvalue weighted by atomic mass is 19.4. The molecule has 0 saturated heterocycles. The SMILES string of the molecule is O=C(NCCNC(=O)c1nnn(-c2ccc(F)cc2)c1C(F)(F)F)c1ccco1. The van der Waals surface area contributed by atoms with Crippen LogP contribution in [0.3, 0.4) is 0 Å². The Kier molecular flexibility index (Phi) is 5.61. The Morgan fingerprint density at radius 3 is 2.28 bits per heavy atom. The Balaban J connectivity index is 1.70. The number of nitrogens with zero attached hydrogens (tertiary/aromatic N) is 3. The number of hydrogen-bond donors (Lipinski definition) is 2. The van der Waals surface area contributed by atoms with Crippen LogP contribution in [-0.4, -0.2) is 39.9 Å². The van der Waals surface area contributed by atoms with Gasteiger partial charge in [0.2, 0.25) is 0 Å². The number of aromatic nitrogens is 3. The fourth-order valence-electron chi connectivity index (χ4n) is 2.38. The van der Waals surface area contributed by atoms with Crippen LogP contribution in [0.2, 0.25) is 0 Å². The summed E-state index contributed by atoms with van der Waals surface area (Å²) in [6, 6.07) is 7.00. The molecule has 0 aliphatic rings. The van der Waals surface area contributed by atoms with Crippen molar-refractivity contribution >= 4 is 11.8 Å². The monoisotopic (exact) mass is 411 g/mol. The van der Waals surface area contributed by atoms with Gasteiger partial charge < -0.3 is 15.1 Å². The van der Waals surface area contributed by atoms with Gasteiger partial charge >= 0.3 is 6.18 Å². The van der Waals surface area contributed by atoms with E-state index in [0.717, 1.165) is 24.3 Å². The van der Waals surface area contributed by atoms with Gasteiger partial charge in [0.15, 0.2) is 17.1 Å². The summed E-state index contributed by atoms with van der Waals surface area (Å²) in [4.78, 5) is 23.8. The molecule has 0 spiro atoms. The van der Waals surface area contributed by atoms with Crippen molar-refractivity contribution in [1.29, 1.82) is 0 Å². The summed E-state index contributed by atoms with van der Waals surface area (Å²) in [5.74, 6) is -2.25. The molecule has 3 aromatic rings. The number of furan rings is 1. The van der Waals surface area contributed by atoms with Gasteiger partial charge in [-0.2, -0.15) is 13.2 Å². The molecule has 12 heteroatoms. The van der Waals surface area contributed by atoms with Crippen LogP contribution in [0, 0.1) is 5.82 Å². The average Bonchev–Trinajstić information content (AvgIpc) is 3.35. The predicted molar refractivity (Wildman–Crippen MR) is 89.7 cm³/mol. The third-order valence-electron chi connectivity index (χ3n) is 3.67. The van der Waals surface area contributed by atoms with Crippen molar-refractivity contribution in [3.63, 3.8) is 0 Å². The summed E-state index contributed by atoms with van der Waals surface area (Å²) in [7, 11) is 0. The standard InChI is InChI=1S/C17H13F4N5O3/c18-10-3-5-11(6-4-10)26-14(17(19,20)21)13(24-25-26)16(28)23-8-7-22-15(27)12-2-1-9-29-12/h1-6,9H,7-8H2,(H,22,27)(H,23,28). The van der Waals surface area contributed by atoms with E-state index in [9.17, 15) is 27.2 Å². The Hall–Kier alpha value is -3.70. The van der Waals surface area contributed by atoms with Gasteiger partial charge in [-0.3, -0.25) is 9.59 Å². The summed E-state index contributed by atoms with van der Waals surface area (Å²) in [5.41, 5.74) is -2.46. The first-order valence-electron chi connectivity index (χ1n) is 8.16. The number of rotatable bonds is 6. The third kappa shape index (κ3) is 4.59. The van der Waals surface area contributed by atoms with Gasteiger partial charge in [-0.25, -0.2) is 9.07 Å². The normalized spacial score (nSPS) is 11.3. The molecule has 3 rings (SSSR count). The van der Waals surface area contributed by atoms with Gasteiger partial charge in [-0.05, 0) is 36.4 Å². The van der Waals surface area contributed by atoms with E-state index in [-0.39, 0.29) is 24.5 Å². The molecule has 0 aliphatic heterocycles. The van der Waals surface area contributed by atoms with E-state index in [1.54, 1.807) is 0 Å². The molecular weight excluding hydrogens is 398 g/mol. The van der Waals surface area contributed by atoms with Crippen LogP contribution in [0.15, 0.2) is 47.1 Å². The Morgan fingerprint density at radius 2 is 1.69 bits per heavy atom. The molecule has 29 heavy (non-hydrogen) atoms. The van der Waals surface area contributed by atoms with Gasteiger partial charge in [0.05, 0.1) is 12.0 Å². The molecule has 2 N–H and O–H groups in total. The number of halogens is 4. The number of carbonyl (C=O) groups is 2. The molecule has 0 radical (unpaired) electrons. The number of nitrogens with one attached hydrogen (secondary N) is 2. The molecule has 2 aromatic heterocycles. The molecule has 0 aliphatic carbocycles. The molecule has 0 fully saturated rings. The lowest BCUT2D eigenvalue weighted by molar-refractivity contribution is -0.143. The van der Waals surface area contributed by atoms with Gasteiger partial charge in [-0.15, -0.1) is 5.10 Å². The molecule has 0 atom stereocenters. The van der Waals surface area contributed by atoms with Gasteiger partial charge in [0, 0.05) is 13.1 Å². The average molecular weight is 411 g/mol. The molecule has 0 bridgehead atoms. The zero-order valence-electron chi connectivity index (χ0n) is 14.5. The highest BCUT2D eigenvalue weighted by Gasteiger charge is 2.41. The van der Waals surface area contributed by atoms with Crippen LogP contribution in [0.25, 0.3) is 5.69 Å². The number of amides is 2. The number of alkyl halides is 3. The van der Waals surface area contributed by atoms with Crippen molar-refractivity contribution in [3.8, 4) is 5.69 Å². The molecule has 1 aromatic carbocycles. The first kappa shape index (κ1) is 20.0. The summed E-state index contributed by atoms with van der Waals surface area (Å²) < 4.78 is 58.8. The minimum atomic E-state index is -4.95. The van der Waals surface area contributed by atoms with E-state index in [1.165, 1.54) is 18.4 Å². The summed E-state index contributed by atoms with van der Waals surface area (Å²) in [5, 5.41) is 11.3. The lowest BCUT2D eigenvalue weighted by Crippen LogP contribution is -2.35. The second-order valence-electron chi connectivity index (χ2n) is 5.66. The van der Waals surface area contributed by atoms with Crippen LogP contribution in [0.1, 0.15) is 26.7 Å². The first-order chi connectivity index (χ1) is 13.8. The largest absolute Gasteiger partial charge is 0.459 e. The molecule has 152 valence electrons. The van der Waals surface area contributed by atoms with E-state index in [0.29, 0.717) is 4.68 Å². The highest BCUT2D eigenvalue weighted by Crippen LogP contribution is 2.32. The Morgan fingerprint density at radius 1 is 1.03 bits per heavy atom. The van der Waals surface area contributed by atoms with E-state index in [4.69, 9.17) is 4.42 Å². The van der Waals surface area contributed by atoms with Crippen LogP contribution in [0.5, 0.6) is 0 Å². The smallest absolute Gasteiger partial charge is 0.435 e. The topological polar surface area (TPSA) is 102 Å². The van der Waals surface area contributed by atoms with Gasteiger partial charge in [-0.1, -0.05) is 5.21 Å². The van der Waals surface area contributed by atoms with Crippen LogP contribution >= 0.6 is 0 Å². The van der Waals surface area contributed by atoms with Crippen LogP contribution in [0.4, 0.5) is 17.6 Å². The molecule has 2 heterocycles. The van der Waals surface area contributed by atoms with Crippen molar-refractivity contribution < 1.29 is 31.6 Å². The summed E-state index contributed by atoms with van der Waals surface area (Å²) in [6.45, 7) is -0.218. The fourth-order valence-corrected chi connectivity index (χ4v) is 2.38. The number of benzene rings is 1. The molecule has 8 nitrogen and oxygen atoms in total. The van der Waals surface area contributed by atoms with Crippen LogP contribution in [-0.2, 0) is 6.18 Å². The Bertz CT molecular complexity index is 997. The number of carbonyl (C=O) groups excluding carboxylic acids is 2. The van der Waals surface area contributed by atoms with Crippen molar-refractivity contribution in [1.82, 2.24) is 25.6 Å². The predicted octanol–water partition coefficient (Wildman–Crippen LogP) is 2.18. The van der Waals surface area contributed by atoms with E-state index in [1.807, 2.05) is 0 Å². The maximum atomic E-state index is 13.5. The first-order valence-corrected chi connectivity index (χ1v) is 8.16. The minimum Gasteiger partial charge on any atom is -0.459 e. The fraction of sp³-hybridized carbons (Fsp3) is 0.176. The van der Waals surface area contributed by atoms with Gasteiger partial charge in [0.25, 0.3) is 11.8 Å². The Labute approximate surface area is 160 Å². The quantitative estimate of drug-likeness (QED) is 0.478. The van der Waals surface area contributed by atoms with E-state index >= 15 is 0 Å². The lowest BCUT2D eigenvalue weighted by atomic mass is 10.2. The molecule has 2 amide bonds. The van der Waals surface area contributed by atoms with Crippen molar-refractivity contribution in [3.05, 3.63) is 65.6 Å². The molecule has 0 unspecified atom stereocenters. The van der Waals surface area contributed by atoms with Gasteiger partial charge in [0.1, 0.15) is 5.82 Å². The summed E-state index contributed by atoms with van der Waals surface area (Å²) >= 11 is 0. The van der Waals surface area contributed by atoms with E-state index < -0.39 is 35.2 Å². The lowest BCUT2D eigenvalue weighted by Gasteiger charge is -2.11. The molecular formula is C17H13F4N5O3. The third-order valence-corrected chi connectivity index (χ3v) is 3.67. The summed E-state index contributed by atoms with van der Waals surface area (Å²) in [6.07, 6.45) is -3.64. The van der Waals surface area contributed by atoms with Crippen molar-refractivity contribution in [2.24, 2.45) is 0 Å². The maximum Gasteiger partial charge on any atom is 0.435 e. The molecule has 0 saturated carbocycles. The van der Waals surface area contributed by atoms with E-state index in [2.05, 4.69) is 20.9 Å². The zero-order chi connectivity index (χ0) is 21.0. The number of hydrogen-bond acceptors (Lipinski definition) is 5. The van der Waals surface area contributed by atoms with Crippen molar-refractivity contribution in [2.45, 2.75) is 6.18 Å². The van der Waals surface area contributed by atoms with Crippen LogP contribution < -0.4 is 10.6 Å². The minimum absolute atomic E-state index is 0.0536. The second kappa shape index (κ2) is 8.12.